The van der Waals surface area contributed by atoms with Crippen molar-refractivity contribution in [3.63, 3.8) is 0 Å². The van der Waals surface area contributed by atoms with Gasteiger partial charge in [0.15, 0.2) is 0 Å². The van der Waals surface area contributed by atoms with Gasteiger partial charge in [0.25, 0.3) is 5.91 Å². The molecule has 1 aliphatic heterocycles. The summed E-state index contributed by atoms with van der Waals surface area (Å²) in [6.45, 7) is 0.602. The lowest BCUT2D eigenvalue weighted by molar-refractivity contribution is -0.192. The fraction of sp³-hybridized carbons (Fsp3) is 0.267. The van der Waals surface area contributed by atoms with E-state index in [0.717, 1.165) is 29.5 Å². The number of amides is 1. The van der Waals surface area contributed by atoms with Gasteiger partial charge in [0.1, 0.15) is 5.84 Å². The molecule has 1 amide bonds. The Morgan fingerprint density at radius 3 is 2.17 bits per heavy atom. The molecule has 2 atom stereocenters. The number of nitrogens with one attached hydrogen (secondary N) is 1. The van der Waals surface area contributed by atoms with Crippen molar-refractivity contribution >= 4 is 23.7 Å². The zero-order valence-electron chi connectivity index (χ0n) is 22.2. The number of nitrogen functional groups attached to an aromatic ring is 1. The molecule has 0 bridgehead atoms. The van der Waals surface area contributed by atoms with E-state index >= 15 is 0 Å². The second kappa shape index (κ2) is 13.6. The number of rotatable bonds is 7. The minimum atomic E-state index is -5.08. The molecule has 1 heterocycles. The summed E-state index contributed by atoms with van der Waals surface area (Å²) in [7, 11) is 1.38. The highest BCUT2D eigenvalue weighted by Gasteiger charge is 2.39. The normalized spacial score (nSPS) is 15.3. The van der Waals surface area contributed by atoms with Crippen molar-refractivity contribution in [2.24, 2.45) is 11.7 Å². The Balaban J connectivity index is 0.000000587. The number of amidine groups is 1. The average Bonchev–Trinajstić information content (AvgIpc) is 3.45. The molecule has 0 spiro atoms. The molecule has 4 rings (SSSR count). The van der Waals surface area contributed by atoms with Crippen molar-refractivity contribution in [3.8, 4) is 11.1 Å². The summed E-state index contributed by atoms with van der Waals surface area (Å²) in [6.07, 6.45) is -3.10. The molecule has 216 valence electrons. The third-order valence-corrected chi connectivity index (χ3v) is 6.70. The summed E-state index contributed by atoms with van der Waals surface area (Å²) >= 11 is 0. The molecule has 1 aliphatic rings. The fourth-order valence-corrected chi connectivity index (χ4v) is 4.71. The third kappa shape index (κ3) is 8.17. The standard InChI is InChI=1S/C28H29N3O3.C2HF3O2/c1-34-28(33)24(18-19-7-5-10-23(17-19)26(29)30)25-11-6-16-31(25)27(32)22-14-12-21(13-15-22)20-8-3-2-4-9-20;3-2(4,5)1(6)7/h2-5,7-10,12-15,17,24-25H,6,11,16,18H2,1H3,(H3,29,30);(H,6,7). The number of nitrogens with zero attached hydrogens (tertiary/aromatic N) is 1. The molecule has 0 radical (unpaired) electrons. The fourth-order valence-electron chi connectivity index (χ4n) is 4.71. The number of hydrogen-bond acceptors (Lipinski definition) is 5. The van der Waals surface area contributed by atoms with Crippen LogP contribution in [0, 0.1) is 11.3 Å². The van der Waals surface area contributed by atoms with Crippen LogP contribution in [0.5, 0.6) is 0 Å². The lowest BCUT2D eigenvalue weighted by Crippen LogP contribution is -2.44. The van der Waals surface area contributed by atoms with Gasteiger partial charge >= 0.3 is 18.1 Å². The highest BCUT2D eigenvalue weighted by Crippen LogP contribution is 2.30. The number of carboxylic acids is 1. The van der Waals surface area contributed by atoms with E-state index in [1.807, 2.05) is 77.7 Å². The van der Waals surface area contributed by atoms with Crippen LogP contribution >= 0.6 is 0 Å². The van der Waals surface area contributed by atoms with E-state index in [2.05, 4.69) is 0 Å². The van der Waals surface area contributed by atoms with Crippen molar-refractivity contribution in [3.05, 3.63) is 95.6 Å². The van der Waals surface area contributed by atoms with E-state index in [-0.39, 0.29) is 23.8 Å². The summed E-state index contributed by atoms with van der Waals surface area (Å²) in [5.41, 5.74) is 9.88. The van der Waals surface area contributed by atoms with E-state index in [9.17, 15) is 22.8 Å². The van der Waals surface area contributed by atoms with Gasteiger partial charge in [-0.05, 0) is 54.2 Å². The average molecular weight is 570 g/mol. The summed E-state index contributed by atoms with van der Waals surface area (Å²) in [5.74, 6) is -3.69. The Morgan fingerprint density at radius 2 is 1.61 bits per heavy atom. The highest BCUT2D eigenvalue weighted by molar-refractivity contribution is 5.96. The van der Waals surface area contributed by atoms with Crippen LogP contribution in [0.15, 0.2) is 78.9 Å². The number of benzene rings is 3. The van der Waals surface area contributed by atoms with Crippen LogP contribution < -0.4 is 5.73 Å². The smallest absolute Gasteiger partial charge is 0.475 e. The number of aliphatic carboxylic acids is 1. The van der Waals surface area contributed by atoms with Crippen molar-refractivity contribution in [2.75, 3.05) is 13.7 Å². The lowest BCUT2D eigenvalue weighted by atomic mass is 9.89. The van der Waals surface area contributed by atoms with Crippen molar-refractivity contribution < 1.29 is 37.4 Å². The minimum absolute atomic E-state index is 0.0203. The molecular weight excluding hydrogens is 539 g/mol. The number of carbonyl (C=O) groups is 3. The quantitative estimate of drug-likeness (QED) is 0.210. The van der Waals surface area contributed by atoms with Gasteiger partial charge in [0, 0.05) is 23.7 Å². The first kappa shape index (κ1) is 30.9. The number of carbonyl (C=O) groups excluding carboxylic acids is 2. The van der Waals surface area contributed by atoms with Gasteiger partial charge in [0.05, 0.1) is 13.0 Å². The van der Waals surface area contributed by atoms with Gasteiger partial charge in [-0.15, -0.1) is 0 Å². The second-order valence-electron chi connectivity index (χ2n) is 9.40. The van der Waals surface area contributed by atoms with E-state index < -0.39 is 18.1 Å². The van der Waals surface area contributed by atoms with Gasteiger partial charge in [-0.1, -0.05) is 60.7 Å². The lowest BCUT2D eigenvalue weighted by Gasteiger charge is -2.30. The first-order chi connectivity index (χ1) is 19.4. The molecule has 8 nitrogen and oxygen atoms in total. The van der Waals surface area contributed by atoms with E-state index in [0.29, 0.717) is 24.1 Å². The van der Waals surface area contributed by atoms with E-state index in [1.54, 1.807) is 6.07 Å². The number of carboxylic acid groups (broad SMARTS) is 1. The number of alkyl halides is 3. The minimum Gasteiger partial charge on any atom is -0.475 e. The molecule has 0 aromatic heterocycles. The van der Waals surface area contributed by atoms with Crippen LogP contribution in [0.4, 0.5) is 13.2 Å². The number of esters is 1. The Kier molecular flexibility index (Phi) is 10.2. The Morgan fingerprint density at radius 1 is 1.00 bits per heavy atom. The van der Waals surface area contributed by atoms with Crippen molar-refractivity contribution in [1.29, 1.82) is 5.41 Å². The van der Waals surface area contributed by atoms with Crippen molar-refractivity contribution in [2.45, 2.75) is 31.5 Å². The number of methoxy groups -OCH3 is 1. The maximum atomic E-state index is 13.4. The van der Waals surface area contributed by atoms with Crippen LogP contribution in [0.1, 0.15) is 34.3 Å². The second-order valence-corrected chi connectivity index (χ2v) is 9.40. The Bertz CT molecular complexity index is 1380. The van der Waals surface area contributed by atoms with Crippen LogP contribution in [0.25, 0.3) is 11.1 Å². The molecule has 3 aromatic carbocycles. The van der Waals surface area contributed by atoms with E-state index in [4.69, 9.17) is 25.8 Å². The van der Waals surface area contributed by atoms with Gasteiger partial charge < -0.3 is 20.5 Å². The van der Waals surface area contributed by atoms with E-state index in [1.165, 1.54) is 7.11 Å². The highest BCUT2D eigenvalue weighted by atomic mass is 19.4. The summed E-state index contributed by atoms with van der Waals surface area (Å²) in [6, 6.07) is 24.7. The molecular formula is C30H30F3N3O5. The largest absolute Gasteiger partial charge is 0.490 e. The van der Waals surface area contributed by atoms with Crippen molar-refractivity contribution in [1.82, 2.24) is 4.90 Å². The SMILES string of the molecule is COC(=O)C(Cc1cccc(C(=N)N)c1)C1CCCN1C(=O)c1ccc(-c2ccccc2)cc1.O=C(O)C(F)(F)F. The maximum Gasteiger partial charge on any atom is 0.490 e. The molecule has 41 heavy (non-hydrogen) atoms. The number of halogens is 3. The summed E-state index contributed by atoms with van der Waals surface area (Å²) in [4.78, 5) is 37.0. The van der Waals surface area contributed by atoms with Gasteiger partial charge in [0.2, 0.25) is 0 Å². The number of likely N-dealkylation sites (tertiary alicyclic amines) is 1. The molecule has 4 N–H and O–H groups in total. The Hall–Kier alpha value is -4.67. The molecule has 1 fully saturated rings. The zero-order valence-corrected chi connectivity index (χ0v) is 22.2. The topological polar surface area (TPSA) is 134 Å². The van der Waals surface area contributed by atoms with Crippen LogP contribution in [-0.4, -0.2) is 59.6 Å². The Labute approximate surface area is 235 Å². The number of nitrogens with two attached hydrogens (primary N) is 1. The molecule has 0 saturated carbocycles. The van der Waals surface area contributed by atoms with Gasteiger partial charge in [-0.3, -0.25) is 15.0 Å². The first-order valence-electron chi connectivity index (χ1n) is 12.7. The maximum absolute atomic E-state index is 13.4. The predicted molar refractivity (Wildman–Crippen MR) is 146 cm³/mol. The predicted octanol–water partition coefficient (Wildman–Crippen LogP) is 4.91. The molecule has 0 aliphatic carbocycles. The van der Waals surface area contributed by atoms with Gasteiger partial charge in [-0.25, -0.2) is 4.79 Å². The first-order valence-corrected chi connectivity index (χ1v) is 12.7. The van der Waals surface area contributed by atoms with Crippen LogP contribution in [-0.2, 0) is 20.7 Å². The monoisotopic (exact) mass is 569 g/mol. The molecule has 1 saturated heterocycles. The van der Waals surface area contributed by atoms with Gasteiger partial charge in [-0.2, -0.15) is 13.2 Å². The van der Waals surface area contributed by atoms with Crippen LogP contribution in [0.2, 0.25) is 0 Å². The number of hydrogen-bond donors (Lipinski definition) is 3. The summed E-state index contributed by atoms with van der Waals surface area (Å²) < 4.78 is 36.9. The van der Waals surface area contributed by atoms with Crippen LogP contribution in [0.3, 0.4) is 0 Å². The molecule has 2 unspecified atom stereocenters. The summed E-state index contributed by atoms with van der Waals surface area (Å²) in [5, 5.41) is 14.8. The zero-order chi connectivity index (χ0) is 30.2. The molecule has 3 aromatic rings. The number of ether oxygens (including phenoxy) is 1. The third-order valence-electron chi connectivity index (χ3n) is 6.70. The molecule has 11 heteroatoms.